The van der Waals surface area contributed by atoms with E-state index in [1.54, 1.807) is 0 Å². The van der Waals surface area contributed by atoms with Crippen LogP contribution in [-0.2, 0) is 13.6 Å². The van der Waals surface area contributed by atoms with E-state index in [-0.39, 0.29) is 37.1 Å². The summed E-state index contributed by atoms with van der Waals surface area (Å²) in [6, 6.07) is 0. The van der Waals surface area contributed by atoms with E-state index in [9.17, 15) is 4.57 Å². The van der Waals surface area contributed by atoms with E-state index in [4.69, 9.17) is 13.9 Å². The number of phosphoric acid groups is 1. The van der Waals surface area contributed by atoms with Crippen molar-refractivity contribution in [2.75, 3.05) is 13.2 Å². The van der Waals surface area contributed by atoms with Crippen molar-refractivity contribution in [3.63, 3.8) is 0 Å². The van der Waals surface area contributed by atoms with Crippen LogP contribution in [0.5, 0.6) is 0 Å². The fourth-order valence-corrected chi connectivity index (χ4v) is 1.48. The standard InChI is InChI=1S/C8H19O4P.Sn.4H/c1-3-5-7-11-13(9,10)12-8-6-4-2;;;;;/h3-8H2,1-2H3,(H,9,10);;;;;. The molecule has 88 valence electrons. The van der Waals surface area contributed by atoms with Crippen molar-refractivity contribution in [1.82, 2.24) is 0 Å². The van der Waals surface area contributed by atoms with E-state index in [0.717, 1.165) is 25.7 Å². The molecule has 0 saturated heterocycles. The Labute approximate surface area is 103 Å². The molecule has 0 radical (unpaired) electrons. The number of rotatable bonds is 8. The number of hydrogen-bond donors (Lipinski definition) is 1. The van der Waals surface area contributed by atoms with Gasteiger partial charge in [-0.1, -0.05) is 26.7 Å². The molecule has 0 aliphatic heterocycles. The summed E-state index contributed by atoms with van der Waals surface area (Å²) in [5.74, 6) is 0. The molecule has 0 aliphatic carbocycles. The third-order valence-electron chi connectivity index (χ3n) is 1.50. The molecule has 0 fully saturated rings. The first-order chi connectivity index (χ1) is 6.12. The van der Waals surface area contributed by atoms with E-state index < -0.39 is 7.82 Å². The molecule has 6 heteroatoms. The second kappa shape index (κ2) is 10.4. The van der Waals surface area contributed by atoms with Crippen molar-refractivity contribution in [2.45, 2.75) is 39.5 Å². The molecular formula is C8H23O4PSn. The Morgan fingerprint density at radius 1 is 1.07 bits per heavy atom. The summed E-state index contributed by atoms with van der Waals surface area (Å²) < 4.78 is 20.5. The first-order valence-corrected chi connectivity index (χ1v) is 6.23. The zero-order chi connectivity index (χ0) is 10.2. The molecule has 0 bridgehead atoms. The average molecular weight is 333 g/mol. The van der Waals surface area contributed by atoms with Gasteiger partial charge in [-0.05, 0) is 12.8 Å². The van der Waals surface area contributed by atoms with Gasteiger partial charge in [-0.3, -0.25) is 9.05 Å². The molecule has 0 rings (SSSR count). The van der Waals surface area contributed by atoms with Gasteiger partial charge in [-0.25, -0.2) is 4.57 Å². The second-order valence-corrected chi connectivity index (χ2v) is 4.30. The van der Waals surface area contributed by atoms with Crippen molar-refractivity contribution in [3.8, 4) is 0 Å². The van der Waals surface area contributed by atoms with E-state index >= 15 is 0 Å². The SMILES string of the molecule is CCCCOP(=O)(O)OCCCC.[SnH4]. The molecule has 0 aromatic carbocycles. The summed E-state index contributed by atoms with van der Waals surface area (Å²) in [4.78, 5) is 9.08. The molecule has 0 saturated carbocycles. The van der Waals surface area contributed by atoms with Gasteiger partial charge >= 0.3 is 31.7 Å². The first kappa shape index (κ1) is 17.3. The van der Waals surface area contributed by atoms with Crippen LogP contribution in [0, 0.1) is 0 Å². The predicted molar refractivity (Wildman–Crippen MR) is 62.9 cm³/mol. The third-order valence-corrected chi connectivity index (χ3v) is 2.52. The van der Waals surface area contributed by atoms with Gasteiger partial charge in [0.2, 0.25) is 0 Å². The fraction of sp³-hybridized carbons (Fsp3) is 1.00. The van der Waals surface area contributed by atoms with Crippen LogP contribution in [0.25, 0.3) is 0 Å². The Morgan fingerprint density at radius 3 is 1.71 bits per heavy atom. The van der Waals surface area contributed by atoms with Crippen LogP contribution >= 0.6 is 7.82 Å². The molecule has 0 spiro atoms. The van der Waals surface area contributed by atoms with E-state index in [0.29, 0.717) is 0 Å². The van der Waals surface area contributed by atoms with Gasteiger partial charge in [0.25, 0.3) is 0 Å². The Bertz CT molecular complexity index is 151. The van der Waals surface area contributed by atoms with Crippen molar-refractivity contribution < 1.29 is 18.5 Å². The number of unbranched alkanes of at least 4 members (excludes halogenated alkanes) is 2. The molecule has 0 aliphatic rings. The van der Waals surface area contributed by atoms with Gasteiger partial charge in [-0.15, -0.1) is 0 Å². The zero-order valence-electron chi connectivity index (χ0n) is 8.36. The first-order valence-electron chi connectivity index (χ1n) is 4.74. The van der Waals surface area contributed by atoms with E-state index in [1.807, 2.05) is 13.8 Å². The monoisotopic (exact) mass is 334 g/mol. The summed E-state index contributed by atoms with van der Waals surface area (Å²) in [5, 5.41) is 0. The molecule has 4 nitrogen and oxygen atoms in total. The number of phosphoric ester groups is 1. The van der Waals surface area contributed by atoms with Crippen LogP contribution in [0.15, 0.2) is 0 Å². The summed E-state index contributed by atoms with van der Waals surface area (Å²) >= 11 is 0. The van der Waals surface area contributed by atoms with Crippen LogP contribution < -0.4 is 0 Å². The average Bonchev–Trinajstić information content (AvgIpc) is 2.05. The molecule has 1 N–H and O–H groups in total. The van der Waals surface area contributed by atoms with Gasteiger partial charge in [0.1, 0.15) is 0 Å². The minimum absolute atomic E-state index is 0. The number of hydrogen-bond acceptors (Lipinski definition) is 3. The van der Waals surface area contributed by atoms with Crippen LogP contribution in [0.2, 0.25) is 0 Å². The van der Waals surface area contributed by atoms with Crippen LogP contribution in [0.1, 0.15) is 39.5 Å². The maximum atomic E-state index is 11.1. The summed E-state index contributed by atoms with van der Waals surface area (Å²) in [6.45, 7) is 4.56. The molecule has 0 heterocycles. The topological polar surface area (TPSA) is 55.8 Å². The Morgan fingerprint density at radius 2 is 1.43 bits per heavy atom. The minimum atomic E-state index is -3.75. The summed E-state index contributed by atoms with van der Waals surface area (Å²) in [5.41, 5.74) is 0. The van der Waals surface area contributed by atoms with Crippen molar-refractivity contribution in [3.05, 3.63) is 0 Å². The van der Waals surface area contributed by atoms with Gasteiger partial charge in [0, 0.05) is 0 Å². The Balaban J connectivity index is 0. The molecule has 0 unspecified atom stereocenters. The van der Waals surface area contributed by atoms with Gasteiger partial charge in [-0.2, -0.15) is 0 Å². The van der Waals surface area contributed by atoms with E-state index in [1.165, 1.54) is 0 Å². The fourth-order valence-electron chi connectivity index (χ4n) is 0.686. The zero-order valence-corrected chi connectivity index (χ0v) is 9.26. The molecule has 0 amide bonds. The molecule has 14 heavy (non-hydrogen) atoms. The van der Waals surface area contributed by atoms with Crippen LogP contribution in [0.4, 0.5) is 0 Å². The van der Waals surface area contributed by atoms with E-state index in [2.05, 4.69) is 0 Å². The quantitative estimate of drug-likeness (QED) is 0.413. The van der Waals surface area contributed by atoms with Crippen LogP contribution in [-0.4, -0.2) is 42.0 Å². The Kier molecular flexibility index (Phi) is 12.9. The molecule has 0 aromatic rings. The third kappa shape index (κ3) is 11.0. The molecule has 0 atom stereocenters. The normalized spacial score (nSPS) is 11.1. The molecular weight excluding hydrogens is 310 g/mol. The second-order valence-electron chi connectivity index (χ2n) is 2.84. The van der Waals surface area contributed by atoms with Gasteiger partial charge in [0.15, 0.2) is 0 Å². The van der Waals surface area contributed by atoms with Crippen molar-refractivity contribution in [2.24, 2.45) is 0 Å². The van der Waals surface area contributed by atoms with Gasteiger partial charge in [0.05, 0.1) is 13.2 Å². The Hall–Kier alpha value is 0.909. The van der Waals surface area contributed by atoms with Crippen molar-refractivity contribution >= 4 is 31.7 Å². The predicted octanol–water partition coefficient (Wildman–Crippen LogP) is 1.27. The summed E-state index contributed by atoms with van der Waals surface area (Å²) in [6.07, 6.45) is 3.44. The maximum absolute atomic E-state index is 11.1. The van der Waals surface area contributed by atoms with Crippen molar-refractivity contribution in [1.29, 1.82) is 0 Å². The van der Waals surface area contributed by atoms with Crippen LogP contribution in [0.3, 0.4) is 0 Å². The summed E-state index contributed by atoms with van der Waals surface area (Å²) in [7, 11) is -3.75. The molecule has 0 aromatic heterocycles. The van der Waals surface area contributed by atoms with Gasteiger partial charge < -0.3 is 4.89 Å².